The van der Waals surface area contributed by atoms with Gasteiger partial charge in [0.05, 0.1) is 33.9 Å². The molecule has 5 rings (SSSR count). The molecule has 1 saturated heterocycles. The van der Waals surface area contributed by atoms with E-state index < -0.39 is 12.1 Å². The standard InChI is InChI=1S/C25H28N2O7/c1-5-6-26-12-22(28)27-17(25(26)29)7-14-8-18-19(34-13-33-18)11-16(14)23(27)15-9-20(30-2)24(32-4)21(10-15)31-3/h8-11,17,23H,5-7,12-13H2,1-4H3/t17-,23+/m0/s1. The second-order valence-corrected chi connectivity index (χ2v) is 8.55. The van der Waals surface area contributed by atoms with Crippen LogP contribution >= 0.6 is 0 Å². The van der Waals surface area contributed by atoms with Crippen molar-refractivity contribution in [2.75, 3.05) is 41.2 Å². The fourth-order valence-corrected chi connectivity index (χ4v) is 5.18. The van der Waals surface area contributed by atoms with E-state index >= 15 is 0 Å². The van der Waals surface area contributed by atoms with Gasteiger partial charge in [-0.15, -0.1) is 0 Å². The van der Waals surface area contributed by atoms with Gasteiger partial charge in [0.1, 0.15) is 6.04 Å². The fourth-order valence-electron chi connectivity index (χ4n) is 5.18. The normalized spacial score (nSPS) is 20.7. The first-order chi connectivity index (χ1) is 16.5. The molecule has 0 saturated carbocycles. The summed E-state index contributed by atoms with van der Waals surface area (Å²) in [4.78, 5) is 30.3. The van der Waals surface area contributed by atoms with Crippen LogP contribution in [0.5, 0.6) is 28.7 Å². The number of rotatable bonds is 6. The minimum atomic E-state index is -0.607. The van der Waals surface area contributed by atoms with E-state index in [2.05, 4.69) is 0 Å². The lowest BCUT2D eigenvalue weighted by molar-refractivity contribution is -0.158. The van der Waals surface area contributed by atoms with Gasteiger partial charge in [-0.05, 0) is 47.4 Å². The van der Waals surface area contributed by atoms with Gasteiger partial charge in [0.25, 0.3) is 0 Å². The van der Waals surface area contributed by atoms with Gasteiger partial charge in [-0.2, -0.15) is 0 Å². The van der Waals surface area contributed by atoms with Crippen LogP contribution < -0.4 is 23.7 Å². The van der Waals surface area contributed by atoms with Crippen LogP contribution in [-0.2, 0) is 16.0 Å². The van der Waals surface area contributed by atoms with Crippen LogP contribution in [0.4, 0.5) is 0 Å². The third-order valence-corrected chi connectivity index (χ3v) is 6.66. The van der Waals surface area contributed by atoms with Crippen LogP contribution in [0.2, 0.25) is 0 Å². The van der Waals surface area contributed by atoms with Crippen molar-refractivity contribution in [3.05, 3.63) is 41.0 Å². The van der Waals surface area contributed by atoms with Crippen molar-refractivity contribution in [2.45, 2.75) is 31.8 Å². The van der Waals surface area contributed by atoms with Gasteiger partial charge >= 0.3 is 0 Å². The first kappa shape index (κ1) is 22.2. The van der Waals surface area contributed by atoms with Crippen molar-refractivity contribution in [1.29, 1.82) is 0 Å². The Morgan fingerprint density at radius 1 is 0.971 bits per heavy atom. The van der Waals surface area contributed by atoms with Gasteiger partial charge in [-0.3, -0.25) is 9.59 Å². The predicted molar refractivity (Wildman–Crippen MR) is 122 cm³/mol. The number of ether oxygens (including phenoxy) is 5. The predicted octanol–water partition coefficient (Wildman–Crippen LogP) is 2.54. The monoisotopic (exact) mass is 468 g/mol. The molecule has 2 aromatic rings. The summed E-state index contributed by atoms with van der Waals surface area (Å²) in [5.74, 6) is 2.55. The van der Waals surface area contributed by atoms with E-state index in [0.29, 0.717) is 41.7 Å². The smallest absolute Gasteiger partial charge is 0.246 e. The van der Waals surface area contributed by atoms with E-state index in [1.165, 1.54) is 0 Å². The molecule has 2 amide bonds. The Morgan fingerprint density at radius 2 is 1.65 bits per heavy atom. The number of hydrogen-bond donors (Lipinski definition) is 0. The van der Waals surface area contributed by atoms with Crippen molar-refractivity contribution in [3.8, 4) is 28.7 Å². The Morgan fingerprint density at radius 3 is 2.26 bits per heavy atom. The van der Waals surface area contributed by atoms with Gasteiger partial charge in [-0.1, -0.05) is 6.92 Å². The van der Waals surface area contributed by atoms with Gasteiger partial charge in [0.2, 0.25) is 24.4 Å². The Bertz CT molecular complexity index is 1120. The summed E-state index contributed by atoms with van der Waals surface area (Å²) in [6, 6.07) is 6.37. The van der Waals surface area contributed by atoms with Gasteiger partial charge < -0.3 is 33.5 Å². The Kier molecular flexibility index (Phi) is 5.63. The van der Waals surface area contributed by atoms with E-state index in [1.807, 2.05) is 31.2 Å². The first-order valence-corrected chi connectivity index (χ1v) is 11.3. The fraction of sp³-hybridized carbons (Fsp3) is 0.440. The largest absolute Gasteiger partial charge is 0.493 e. The van der Waals surface area contributed by atoms with Crippen LogP contribution in [0, 0.1) is 0 Å². The molecule has 2 aromatic carbocycles. The number of carbonyl (C=O) groups excluding carboxylic acids is 2. The lowest BCUT2D eigenvalue weighted by Gasteiger charge is -2.48. The highest BCUT2D eigenvalue weighted by Crippen LogP contribution is 2.48. The summed E-state index contributed by atoms with van der Waals surface area (Å²) < 4.78 is 27.9. The molecule has 9 heteroatoms. The summed E-state index contributed by atoms with van der Waals surface area (Å²) in [5.41, 5.74) is 2.59. The van der Waals surface area contributed by atoms with E-state index in [1.54, 1.807) is 31.1 Å². The molecule has 0 bridgehead atoms. The zero-order valence-electron chi connectivity index (χ0n) is 19.8. The number of fused-ring (bicyclic) bond motifs is 3. The van der Waals surface area contributed by atoms with E-state index in [4.69, 9.17) is 23.7 Å². The van der Waals surface area contributed by atoms with Crippen LogP contribution in [-0.4, -0.2) is 68.9 Å². The van der Waals surface area contributed by atoms with Crippen LogP contribution in [0.15, 0.2) is 24.3 Å². The number of amides is 2. The van der Waals surface area contributed by atoms with Crippen molar-refractivity contribution in [3.63, 3.8) is 0 Å². The number of carbonyl (C=O) groups is 2. The Labute approximate surface area is 198 Å². The summed E-state index contributed by atoms with van der Waals surface area (Å²) >= 11 is 0. The van der Waals surface area contributed by atoms with Gasteiger partial charge in [0.15, 0.2) is 23.0 Å². The van der Waals surface area contributed by atoms with E-state index in [0.717, 1.165) is 23.1 Å². The first-order valence-electron chi connectivity index (χ1n) is 11.3. The molecule has 9 nitrogen and oxygen atoms in total. The molecular weight excluding hydrogens is 440 g/mol. The molecule has 3 aliphatic rings. The maximum absolute atomic E-state index is 13.5. The Hall–Kier alpha value is -3.62. The highest BCUT2D eigenvalue weighted by atomic mass is 16.7. The minimum absolute atomic E-state index is 0.0396. The molecule has 0 aliphatic carbocycles. The molecule has 34 heavy (non-hydrogen) atoms. The molecule has 3 aliphatic heterocycles. The molecule has 0 unspecified atom stereocenters. The molecule has 3 heterocycles. The Balaban J connectivity index is 1.70. The quantitative estimate of drug-likeness (QED) is 0.644. The molecule has 2 atom stereocenters. The lowest BCUT2D eigenvalue weighted by atomic mass is 9.82. The minimum Gasteiger partial charge on any atom is -0.493 e. The highest BCUT2D eigenvalue weighted by molar-refractivity contribution is 5.96. The van der Waals surface area contributed by atoms with Crippen molar-refractivity contribution >= 4 is 11.8 Å². The molecule has 1 fully saturated rings. The second kappa shape index (κ2) is 8.62. The summed E-state index contributed by atoms with van der Waals surface area (Å²) in [6.45, 7) is 2.75. The number of piperazine rings is 1. The third-order valence-electron chi connectivity index (χ3n) is 6.66. The maximum atomic E-state index is 13.5. The van der Waals surface area contributed by atoms with Gasteiger partial charge in [0, 0.05) is 13.0 Å². The average Bonchev–Trinajstić information content (AvgIpc) is 3.31. The van der Waals surface area contributed by atoms with E-state index in [9.17, 15) is 9.59 Å². The van der Waals surface area contributed by atoms with Crippen molar-refractivity contribution in [2.24, 2.45) is 0 Å². The molecule has 180 valence electrons. The second-order valence-electron chi connectivity index (χ2n) is 8.55. The number of methoxy groups -OCH3 is 3. The van der Waals surface area contributed by atoms with Crippen LogP contribution in [0.25, 0.3) is 0 Å². The highest BCUT2D eigenvalue weighted by Gasteiger charge is 2.47. The molecular formula is C25H28N2O7. The number of benzene rings is 2. The van der Waals surface area contributed by atoms with E-state index in [-0.39, 0.29) is 25.2 Å². The average molecular weight is 469 g/mol. The molecule has 0 aromatic heterocycles. The molecule has 0 radical (unpaired) electrons. The molecule has 0 spiro atoms. The zero-order chi connectivity index (χ0) is 24.0. The van der Waals surface area contributed by atoms with Crippen molar-refractivity contribution in [1.82, 2.24) is 9.80 Å². The SMILES string of the molecule is CCCN1CC(=O)N2[C@H](c3cc(OC)c(OC)c(OC)c3)c3cc4c(cc3C[C@H]2C1=O)OCO4. The van der Waals surface area contributed by atoms with Gasteiger partial charge in [-0.25, -0.2) is 0 Å². The maximum Gasteiger partial charge on any atom is 0.246 e. The number of nitrogens with zero attached hydrogens (tertiary/aromatic N) is 2. The number of hydrogen-bond acceptors (Lipinski definition) is 7. The summed E-state index contributed by atoms with van der Waals surface area (Å²) in [7, 11) is 4.64. The zero-order valence-corrected chi connectivity index (χ0v) is 19.8. The van der Waals surface area contributed by atoms with Crippen LogP contribution in [0.3, 0.4) is 0 Å². The summed E-state index contributed by atoms with van der Waals surface area (Å²) in [6.07, 6.45) is 1.20. The van der Waals surface area contributed by atoms with Crippen molar-refractivity contribution < 1.29 is 33.3 Å². The summed E-state index contributed by atoms with van der Waals surface area (Å²) in [5, 5.41) is 0. The molecule has 0 N–H and O–H groups in total. The van der Waals surface area contributed by atoms with Crippen LogP contribution in [0.1, 0.15) is 36.1 Å². The third kappa shape index (κ3) is 3.38. The topological polar surface area (TPSA) is 86.8 Å². The lowest BCUT2D eigenvalue weighted by Crippen LogP contribution is -2.63.